The molecular weight excluding hydrogens is 254 g/mol. The molecule has 106 valence electrons. The van der Waals surface area contributed by atoms with Gasteiger partial charge >= 0.3 is 0 Å². The van der Waals surface area contributed by atoms with Crippen LogP contribution in [-0.2, 0) is 4.74 Å². The molecule has 1 aliphatic carbocycles. The fraction of sp³-hybridized carbons (Fsp3) is 0.625. The summed E-state index contributed by atoms with van der Waals surface area (Å²) in [5.74, 6) is 1.12. The lowest BCUT2D eigenvalue weighted by atomic mass is 9.64. The quantitative estimate of drug-likeness (QED) is 0.609. The molecule has 1 fully saturated rings. The van der Waals surface area contributed by atoms with Crippen LogP contribution < -0.4 is 5.32 Å². The molecule has 1 aromatic rings. The Morgan fingerprint density at radius 3 is 2.68 bits per heavy atom. The van der Waals surface area contributed by atoms with Crippen molar-refractivity contribution >= 4 is 11.8 Å². The van der Waals surface area contributed by atoms with Gasteiger partial charge in [-0.15, -0.1) is 11.8 Å². The van der Waals surface area contributed by atoms with Crippen molar-refractivity contribution < 1.29 is 4.74 Å². The van der Waals surface area contributed by atoms with Gasteiger partial charge in [0.2, 0.25) is 0 Å². The topological polar surface area (TPSA) is 21.3 Å². The lowest BCUT2D eigenvalue weighted by molar-refractivity contribution is -0.113. The Morgan fingerprint density at radius 2 is 2.05 bits per heavy atom. The van der Waals surface area contributed by atoms with Crippen molar-refractivity contribution in [2.75, 3.05) is 18.9 Å². The monoisotopic (exact) mass is 279 g/mol. The first-order valence-corrected chi connectivity index (χ1v) is 8.16. The second-order valence-corrected chi connectivity index (χ2v) is 6.84. The maximum atomic E-state index is 5.75. The molecule has 0 radical (unpaired) electrons. The minimum Gasteiger partial charge on any atom is -0.378 e. The standard InChI is InChI=1S/C16H25NOS/c1-4-18-15-12-14(16(15,2)3)17-10-11-19-13-8-6-5-7-9-13/h5-9,14-15,17H,4,10-12H2,1-3H3. The average molecular weight is 279 g/mol. The molecule has 1 aromatic carbocycles. The van der Waals surface area contributed by atoms with Crippen molar-refractivity contribution in [3.05, 3.63) is 30.3 Å². The molecule has 1 aliphatic rings. The first kappa shape index (κ1) is 14.9. The molecule has 0 aromatic heterocycles. The Morgan fingerprint density at radius 1 is 1.32 bits per heavy atom. The molecule has 2 atom stereocenters. The lowest BCUT2D eigenvalue weighted by Gasteiger charge is -2.52. The maximum absolute atomic E-state index is 5.75. The van der Waals surface area contributed by atoms with E-state index in [0.29, 0.717) is 12.1 Å². The molecule has 1 N–H and O–H groups in total. The zero-order valence-corrected chi connectivity index (χ0v) is 13.0. The highest BCUT2D eigenvalue weighted by molar-refractivity contribution is 7.99. The minimum absolute atomic E-state index is 0.271. The molecule has 1 saturated carbocycles. The molecule has 0 bridgehead atoms. The molecule has 19 heavy (non-hydrogen) atoms. The Hall–Kier alpha value is -0.510. The van der Waals surface area contributed by atoms with Crippen LogP contribution in [0.2, 0.25) is 0 Å². The number of benzene rings is 1. The van der Waals surface area contributed by atoms with Gasteiger partial charge in [0, 0.05) is 35.3 Å². The van der Waals surface area contributed by atoms with Crippen LogP contribution in [0.4, 0.5) is 0 Å². The molecule has 3 heteroatoms. The minimum atomic E-state index is 0.271. The highest BCUT2D eigenvalue weighted by atomic mass is 32.2. The summed E-state index contributed by atoms with van der Waals surface area (Å²) < 4.78 is 5.75. The van der Waals surface area contributed by atoms with E-state index in [2.05, 4.69) is 56.4 Å². The number of hydrogen-bond acceptors (Lipinski definition) is 3. The fourth-order valence-electron chi connectivity index (χ4n) is 2.63. The normalized spacial score (nSPS) is 25.0. The highest BCUT2D eigenvalue weighted by Gasteiger charge is 2.48. The van der Waals surface area contributed by atoms with Crippen LogP contribution in [-0.4, -0.2) is 31.1 Å². The smallest absolute Gasteiger partial charge is 0.0655 e. The van der Waals surface area contributed by atoms with Gasteiger partial charge in [-0.3, -0.25) is 0 Å². The number of ether oxygens (including phenoxy) is 1. The zero-order valence-electron chi connectivity index (χ0n) is 12.2. The molecule has 0 saturated heterocycles. The molecule has 0 spiro atoms. The summed E-state index contributed by atoms with van der Waals surface area (Å²) in [6, 6.07) is 11.2. The predicted molar refractivity (Wildman–Crippen MR) is 82.8 cm³/mol. The molecule has 2 nitrogen and oxygen atoms in total. The zero-order chi connectivity index (χ0) is 13.7. The van der Waals surface area contributed by atoms with Gasteiger partial charge in [-0.1, -0.05) is 32.0 Å². The van der Waals surface area contributed by atoms with E-state index in [9.17, 15) is 0 Å². The number of hydrogen-bond donors (Lipinski definition) is 1. The van der Waals surface area contributed by atoms with Crippen LogP contribution in [0.3, 0.4) is 0 Å². The molecule has 0 aliphatic heterocycles. The van der Waals surface area contributed by atoms with Crippen LogP contribution in [0.25, 0.3) is 0 Å². The van der Waals surface area contributed by atoms with Crippen LogP contribution in [0.15, 0.2) is 35.2 Å². The van der Waals surface area contributed by atoms with Crippen molar-refractivity contribution in [3.8, 4) is 0 Å². The Labute approximate surface area is 121 Å². The largest absolute Gasteiger partial charge is 0.378 e. The summed E-state index contributed by atoms with van der Waals surface area (Å²) in [6.07, 6.45) is 1.58. The summed E-state index contributed by atoms with van der Waals surface area (Å²) in [6.45, 7) is 8.57. The summed E-state index contributed by atoms with van der Waals surface area (Å²) in [4.78, 5) is 1.35. The van der Waals surface area contributed by atoms with E-state index < -0.39 is 0 Å². The van der Waals surface area contributed by atoms with E-state index in [0.717, 1.165) is 25.3 Å². The number of nitrogens with one attached hydrogen (secondary N) is 1. The molecule has 0 amide bonds. The van der Waals surface area contributed by atoms with E-state index in [1.165, 1.54) is 4.90 Å². The average Bonchev–Trinajstić information content (AvgIpc) is 2.42. The highest BCUT2D eigenvalue weighted by Crippen LogP contribution is 2.42. The third-order valence-corrected chi connectivity index (χ3v) is 5.06. The van der Waals surface area contributed by atoms with Crippen LogP contribution in [0, 0.1) is 5.41 Å². The van der Waals surface area contributed by atoms with E-state index in [1.54, 1.807) is 0 Å². The van der Waals surface area contributed by atoms with Crippen molar-refractivity contribution in [1.29, 1.82) is 0 Å². The maximum Gasteiger partial charge on any atom is 0.0655 e. The summed E-state index contributed by atoms with van der Waals surface area (Å²) >= 11 is 1.91. The third kappa shape index (κ3) is 3.74. The molecule has 2 rings (SSSR count). The fourth-order valence-corrected chi connectivity index (χ4v) is 3.44. The summed E-state index contributed by atoms with van der Waals surface area (Å²) in [5.41, 5.74) is 0.271. The third-order valence-electron chi connectivity index (χ3n) is 4.05. The van der Waals surface area contributed by atoms with E-state index in [-0.39, 0.29) is 5.41 Å². The first-order chi connectivity index (χ1) is 9.14. The lowest BCUT2D eigenvalue weighted by Crippen LogP contribution is -2.61. The van der Waals surface area contributed by atoms with Crippen molar-refractivity contribution in [1.82, 2.24) is 5.32 Å². The molecular formula is C16H25NOS. The number of thioether (sulfide) groups is 1. The van der Waals surface area contributed by atoms with Crippen molar-refractivity contribution in [2.24, 2.45) is 5.41 Å². The van der Waals surface area contributed by atoms with Crippen molar-refractivity contribution in [2.45, 2.75) is 44.2 Å². The van der Waals surface area contributed by atoms with Crippen molar-refractivity contribution in [3.63, 3.8) is 0 Å². The van der Waals surface area contributed by atoms with Gasteiger partial charge in [-0.05, 0) is 25.5 Å². The van der Waals surface area contributed by atoms with Gasteiger partial charge in [-0.25, -0.2) is 0 Å². The second kappa shape index (κ2) is 6.78. The number of rotatable bonds is 7. The Kier molecular flexibility index (Phi) is 5.31. The first-order valence-electron chi connectivity index (χ1n) is 7.17. The van der Waals surface area contributed by atoms with Gasteiger partial charge < -0.3 is 10.1 Å². The van der Waals surface area contributed by atoms with Gasteiger partial charge in [-0.2, -0.15) is 0 Å². The van der Waals surface area contributed by atoms with Crippen LogP contribution >= 0.6 is 11.8 Å². The predicted octanol–water partition coefficient (Wildman–Crippen LogP) is 3.57. The summed E-state index contributed by atoms with van der Waals surface area (Å²) in [5, 5.41) is 3.67. The Bertz CT molecular complexity index is 380. The second-order valence-electron chi connectivity index (χ2n) is 5.67. The Balaban J connectivity index is 1.65. The van der Waals surface area contributed by atoms with E-state index in [1.807, 2.05) is 11.8 Å². The van der Waals surface area contributed by atoms with E-state index >= 15 is 0 Å². The summed E-state index contributed by atoms with van der Waals surface area (Å²) in [7, 11) is 0. The van der Waals surface area contributed by atoms with Gasteiger partial charge in [0.1, 0.15) is 0 Å². The van der Waals surface area contributed by atoms with Gasteiger partial charge in [0.05, 0.1) is 6.10 Å². The molecule has 0 heterocycles. The SMILES string of the molecule is CCOC1CC(NCCSc2ccccc2)C1(C)C. The van der Waals surface area contributed by atoms with Gasteiger partial charge in [0.25, 0.3) is 0 Å². The van der Waals surface area contributed by atoms with Crippen LogP contribution in [0.5, 0.6) is 0 Å². The van der Waals surface area contributed by atoms with E-state index in [4.69, 9.17) is 4.74 Å². The van der Waals surface area contributed by atoms with Crippen LogP contribution in [0.1, 0.15) is 27.2 Å². The van der Waals surface area contributed by atoms with Gasteiger partial charge in [0.15, 0.2) is 0 Å². The molecule has 2 unspecified atom stereocenters.